The first-order valence-corrected chi connectivity index (χ1v) is 7.87. The van der Waals surface area contributed by atoms with Crippen LogP contribution in [0.3, 0.4) is 0 Å². The molecule has 0 fully saturated rings. The van der Waals surface area contributed by atoms with Crippen LogP contribution in [0.1, 0.15) is 0 Å². The van der Waals surface area contributed by atoms with Crippen LogP contribution < -0.4 is 21.5 Å². The summed E-state index contributed by atoms with van der Waals surface area (Å²) >= 11 is 0. The summed E-state index contributed by atoms with van der Waals surface area (Å²) in [6.45, 7) is -0.521. The summed E-state index contributed by atoms with van der Waals surface area (Å²) in [5.74, 6) is 0.210. The number of hydrogen-bond donors (Lipinski definition) is 6. The van der Waals surface area contributed by atoms with E-state index in [2.05, 4.69) is 15.3 Å². The summed E-state index contributed by atoms with van der Waals surface area (Å²) in [6.07, 6.45) is -2.10. The van der Waals surface area contributed by atoms with Crippen molar-refractivity contribution in [2.45, 2.75) is 6.29 Å². The zero-order valence-electron chi connectivity index (χ0n) is 11.3. The van der Waals surface area contributed by atoms with Crippen LogP contribution in [0.15, 0.2) is 4.79 Å². The zero-order chi connectivity index (χ0) is 16.3. The Morgan fingerprint density at radius 1 is 1.45 bits per heavy atom. The number of nitrogens with one attached hydrogen (secondary N) is 2. The van der Waals surface area contributed by atoms with Gasteiger partial charge in [-0.3, -0.25) is 14.3 Å². The third-order valence-electron chi connectivity index (χ3n) is 2.66. The largest absolute Gasteiger partial charge is 0.391 e. The monoisotopic (exact) mass is 337 g/mol. The van der Waals surface area contributed by atoms with E-state index in [0.717, 1.165) is 0 Å². The lowest BCUT2D eigenvalue weighted by Crippen LogP contribution is -2.32. The van der Waals surface area contributed by atoms with E-state index in [4.69, 9.17) is 30.1 Å². The molecular weight excluding hydrogens is 321 g/mol. The van der Waals surface area contributed by atoms with Crippen molar-refractivity contribution in [2.75, 3.05) is 42.3 Å². The molecule has 1 atom stereocenters. The third kappa shape index (κ3) is 4.16. The number of ether oxygens (including phenoxy) is 2. The van der Waals surface area contributed by atoms with Crippen LogP contribution in [-0.4, -0.2) is 57.5 Å². The molecule has 1 unspecified atom stereocenters. The molecule has 12 nitrogen and oxygen atoms in total. The summed E-state index contributed by atoms with van der Waals surface area (Å²) in [7, 11) is -4.36. The number of aliphatic hydroxyl groups is 1. The van der Waals surface area contributed by atoms with E-state index < -0.39 is 32.4 Å². The highest BCUT2D eigenvalue weighted by Gasteiger charge is 2.25. The van der Waals surface area contributed by atoms with E-state index in [1.807, 2.05) is 0 Å². The quantitative estimate of drug-likeness (QED) is 0.238. The lowest BCUT2D eigenvalue weighted by atomic mass is 10.5. The maximum Gasteiger partial charge on any atom is 0.351 e. The van der Waals surface area contributed by atoms with Crippen LogP contribution in [0, 0.1) is 0 Å². The predicted octanol–water partition coefficient (Wildman–Crippen LogP) is -2.01. The number of nitrogens with two attached hydrogens (primary N) is 1. The molecule has 0 saturated carbocycles. The minimum atomic E-state index is -4.36. The number of nitrogens with zero attached hydrogens (tertiary/aromatic N) is 2. The van der Waals surface area contributed by atoms with E-state index >= 15 is 0 Å². The van der Waals surface area contributed by atoms with Gasteiger partial charge in [0.2, 0.25) is 5.95 Å². The lowest BCUT2D eigenvalue weighted by Gasteiger charge is -2.21. The molecule has 22 heavy (non-hydrogen) atoms. The fraction of sp³-hybridized carbons (Fsp3) is 0.556. The minimum absolute atomic E-state index is 0.0612. The Bertz CT molecular complexity index is 631. The zero-order valence-corrected chi connectivity index (χ0v) is 12.2. The van der Waals surface area contributed by atoms with Gasteiger partial charge in [-0.2, -0.15) is 4.98 Å². The van der Waals surface area contributed by atoms with Crippen LogP contribution >= 0.6 is 7.60 Å². The Labute approximate surface area is 124 Å². The second kappa shape index (κ2) is 6.60. The number of rotatable bonds is 7. The molecule has 7 N–H and O–H groups in total. The lowest BCUT2D eigenvalue weighted by molar-refractivity contribution is -0.153. The normalized spacial score (nSPS) is 15.5. The molecule has 124 valence electrons. The molecule has 0 aromatic carbocycles. The Hall–Kier alpha value is -1.69. The summed E-state index contributed by atoms with van der Waals surface area (Å²) in [6, 6.07) is 0. The molecule has 1 aromatic rings. The standard InChI is InChI=1S/C9H16N5O7P/c10-9-12-7-6(8(16)13-9)11-2-14(7)3-20-5(1-15)21-4-22(17,18)19/h5,11,15H,1-4H2,(H2,17,18,19)(H3,10,12,13,16). The predicted molar refractivity (Wildman–Crippen MR) is 75.1 cm³/mol. The number of aliphatic hydroxyl groups excluding tert-OH is 1. The smallest absolute Gasteiger partial charge is 0.351 e. The Balaban J connectivity index is 1.96. The maximum absolute atomic E-state index is 11.6. The number of aromatic nitrogens is 2. The van der Waals surface area contributed by atoms with Crippen molar-refractivity contribution in [2.24, 2.45) is 0 Å². The van der Waals surface area contributed by atoms with Crippen molar-refractivity contribution in [3.05, 3.63) is 10.4 Å². The molecule has 2 heterocycles. The first kappa shape index (κ1) is 16.7. The summed E-state index contributed by atoms with van der Waals surface area (Å²) in [5, 5.41) is 11.9. The van der Waals surface area contributed by atoms with Gasteiger partial charge in [-0.25, -0.2) is 0 Å². The molecule has 1 aliphatic heterocycles. The van der Waals surface area contributed by atoms with Gasteiger partial charge in [-0.1, -0.05) is 0 Å². The highest BCUT2D eigenvalue weighted by Crippen LogP contribution is 2.34. The van der Waals surface area contributed by atoms with E-state index in [1.165, 1.54) is 4.90 Å². The first-order chi connectivity index (χ1) is 10.3. The second-order valence-electron chi connectivity index (χ2n) is 4.39. The first-order valence-electron chi connectivity index (χ1n) is 6.07. The SMILES string of the molecule is Nc1nc2c(c(=O)[nH]1)NCN2COC(CO)OCP(=O)(O)O. The molecule has 1 aromatic heterocycles. The van der Waals surface area contributed by atoms with Crippen LogP contribution in [0.2, 0.25) is 0 Å². The van der Waals surface area contributed by atoms with Crippen molar-refractivity contribution in [3.8, 4) is 0 Å². The second-order valence-corrected chi connectivity index (χ2v) is 5.98. The van der Waals surface area contributed by atoms with Gasteiger partial charge in [-0.15, -0.1) is 0 Å². The van der Waals surface area contributed by atoms with Gasteiger partial charge in [0.05, 0.1) is 13.3 Å². The van der Waals surface area contributed by atoms with Crippen molar-refractivity contribution in [1.29, 1.82) is 0 Å². The van der Waals surface area contributed by atoms with Gasteiger partial charge >= 0.3 is 7.60 Å². The maximum atomic E-state index is 11.6. The van der Waals surface area contributed by atoms with Gasteiger partial charge in [0.1, 0.15) is 12.4 Å². The van der Waals surface area contributed by atoms with Gasteiger partial charge in [0.15, 0.2) is 18.5 Å². The van der Waals surface area contributed by atoms with Gasteiger partial charge < -0.3 is 40.3 Å². The molecule has 2 rings (SSSR count). The van der Waals surface area contributed by atoms with Crippen LogP contribution in [0.25, 0.3) is 0 Å². The Morgan fingerprint density at radius 3 is 2.82 bits per heavy atom. The summed E-state index contributed by atoms with van der Waals surface area (Å²) in [5.41, 5.74) is 5.26. The number of nitrogen functional groups attached to an aromatic ring is 1. The molecule has 0 amide bonds. The fourth-order valence-corrected chi connectivity index (χ4v) is 2.09. The number of hydrogen-bond acceptors (Lipinski definition) is 9. The van der Waals surface area contributed by atoms with Crippen LogP contribution in [0.4, 0.5) is 17.5 Å². The van der Waals surface area contributed by atoms with Gasteiger partial charge in [-0.05, 0) is 0 Å². The third-order valence-corrected chi connectivity index (χ3v) is 3.14. The van der Waals surface area contributed by atoms with Crippen molar-refractivity contribution in [3.63, 3.8) is 0 Å². The van der Waals surface area contributed by atoms with Gasteiger partial charge in [0, 0.05) is 0 Å². The molecule has 1 aliphatic rings. The minimum Gasteiger partial charge on any atom is -0.391 e. The Morgan fingerprint density at radius 2 is 2.18 bits per heavy atom. The van der Waals surface area contributed by atoms with Gasteiger partial charge in [0.25, 0.3) is 5.56 Å². The number of fused-ring (bicyclic) bond motifs is 1. The average molecular weight is 337 g/mol. The molecule has 0 aliphatic carbocycles. The molecule has 0 bridgehead atoms. The van der Waals surface area contributed by atoms with E-state index in [1.54, 1.807) is 0 Å². The number of anilines is 3. The topological polar surface area (TPSA) is 183 Å². The summed E-state index contributed by atoms with van der Waals surface area (Å²) in [4.78, 5) is 36.8. The van der Waals surface area contributed by atoms with Crippen molar-refractivity contribution < 1.29 is 28.9 Å². The molecule has 13 heteroatoms. The number of H-pyrrole nitrogens is 1. The highest BCUT2D eigenvalue weighted by molar-refractivity contribution is 7.51. The van der Waals surface area contributed by atoms with E-state index in [0.29, 0.717) is 0 Å². The van der Waals surface area contributed by atoms with Crippen molar-refractivity contribution >= 4 is 25.0 Å². The average Bonchev–Trinajstić information content (AvgIpc) is 2.81. The molecule has 0 radical (unpaired) electrons. The van der Waals surface area contributed by atoms with Crippen molar-refractivity contribution in [1.82, 2.24) is 9.97 Å². The van der Waals surface area contributed by atoms with E-state index in [-0.39, 0.29) is 30.9 Å². The van der Waals surface area contributed by atoms with E-state index in [9.17, 15) is 9.36 Å². The molecular formula is C9H16N5O7P. The fourth-order valence-electron chi connectivity index (χ4n) is 1.73. The molecule has 0 spiro atoms. The highest BCUT2D eigenvalue weighted by atomic mass is 31.2. The summed E-state index contributed by atoms with van der Waals surface area (Å²) < 4.78 is 20.6. The Kier molecular flexibility index (Phi) is 5.01. The molecule has 0 saturated heterocycles. The van der Waals surface area contributed by atoms with Crippen LogP contribution in [0.5, 0.6) is 0 Å². The van der Waals surface area contributed by atoms with Crippen LogP contribution in [-0.2, 0) is 14.0 Å². The number of aromatic amines is 1.